The summed E-state index contributed by atoms with van der Waals surface area (Å²) in [4.78, 5) is 25.8. The number of hydrogen-bond acceptors (Lipinski definition) is 6. The summed E-state index contributed by atoms with van der Waals surface area (Å²) in [6.45, 7) is 0. The van der Waals surface area contributed by atoms with Crippen molar-refractivity contribution in [1.82, 2.24) is 24.9 Å². The lowest BCUT2D eigenvalue weighted by molar-refractivity contribution is 0.436. The van der Waals surface area contributed by atoms with Crippen molar-refractivity contribution in [3.63, 3.8) is 0 Å². The van der Waals surface area contributed by atoms with Crippen LogP contribution in [0.5, 0.6) is 11.5 Å². The molecule has 6 nitrogen and oxygen atoms in total. The summed E-state index contributed by atoms with van der Waals surface area (Å²) in [7, 11) is 0. The molecule has 2 aliphatic rings. The Balaban J connectivity index is 1.000. The van der Waals surface area contributed by atoms with Crippen molar-refractivity contribution in [2.75, 3.05) is 0 Å². The quantitative estimate of drug-likeness (QED) is 0.159. The number of benzene rings is 9. The first kappa shape index (κ1) is 39.3. The van der Waals surface area contributed by atoms with Gasteiger partial charge >= 0.3 is 0 Å². The summed E-state index contributed by atoms with van der Waals surface area (Å²) in [6, 6.07) is 82.0. The fourth-order valence-electron chi connectivity index (χ4n) is 10.1. The van der Waals surface area contributed by atoms with Gasteiger partial charge in [-0.3, -0.25) is 0 Å². The molecule has 68 heavy (non-hydrogen) atoms. The van der Waals surface area contributed by atoms with Crippen LogP contribution in [-0.4, -0.2) is 24.9 Å². The Kier molecular flexibility index (Phi) is 9.29. The van der Waals surface area contributed by atoms with E-state index in [9.17, 15) is 0 Å². The lowest BCUT2D eigenvalue weighted by Crippen LogP contribution is -2.32. The minimum atomic E-state index is -0.723. The van der Waals surface area contributed by atoms with E-state index in [1.54, 1.807) is 0 Å². The number of rotatable bonds is 7. The summed E-state index contributed by atoms with van der Waals surface area (Å²) >= 11 is 0. The van der Waals surface area contributed by atoms with Crippen LogP contribution in [0.4, 0.5) is 0 Å². The van der Waals surface area contributed by atoms with E-state index in [0.717, 1.165) is 101 Å². The van der Waals surface area contributed by atoms with Crippen LogP contribution in [-0.2, 0) is 5.41 Å². The van der Waals surface area contributed by atoms with Crippen LogP contribution in [0.15, 0.2) is 237 Å². The number of fused-ring (bicyclic) bond motifs is 9. The molecule has 1 spiro atoms. The third-order valence-electron chi connectivity index (χ3n) is 13.2. The van der Waals surface area contributed by atoms with Gasteiger partial charge in [0, 0.05) is 44.5 Å². The Morgan fingerprint density at radius 2 is 0.691 bits per heavy atom. The topological polar surface area (TPSA) is 73.7 Å². The number of aromatic nitrogens is 5. The molecule has 6 heteroatoms. The molecule has 13 rings (SSSR count). The van der Waals surface area contributed by atoms with Crippen molar-refractivity contribution >= 4 is 0 Å². The second-order valence-electron chi connectivity index (χ2n) is 17.1. The maximum absolute atomic E-state index is 6.74. The Morgan fingerprint density at radius 1 is 0.265 bits per heavy atom. The highest BCUT2D eigenvalue weighted by Crippen LogP contribution is 2.63. The van der Waals surface area contributed by atoms with Crippen LogP contribution >= 0.6 is 0 Å². The van der Waals surface area contributed by atoms with Crippen LogP contribution in [0, 0.1) is 0 Å². The molecule has 0 amide bonds. The van der Waals surface area contributed by atoms with E-state index in [-0.39, 0.29) is 0 Å². The molecular formula is C62H39N5O. The van der Waals surface area contributed by atoms with Crippen LogP contribution in [0.25, 0.3) is 90.3 Å². The zero-order valence-electron chi connectivity index (χ0n) is 36.7. The Hall–Kier alpha value is -9.13. The first-order valence-corrected chi connectivity index (χ1v) is 22.8. The number of ether oxygens (including phenoxy) is 1. The molecule has 0 atom stereocenters. The van der Waals surface area contributed by atoms with Crippen molar-refractivity contribution in [2.45, 2.75) is 5.41 Å². The predicted octanol–water partition coefficient (Wildman–Crippen LogP) is 14.8. The van der Waals surface area contributed by atoms with Gasteiger partial charge in [0.1, 0.15) is 11.5 Å². The van der Waals surface area contributed by atoms with Crippen LogP contribution in [0.2, 0.25) is 0 Å². The van der Waals surface area contributed by atoms with Crippen molar-refractivity contribution in [3.05, 3.63) is 259 Å². The lowest BCUT2D eigenvalue weighted by Gasteiger charge is -2.39. The number of nitrogens with zero attached hydrogens (tertiary/aromatic N) is 5. The first-order chi connectivity index (χ1) is 33.7. The summed E-state index contributed by atoms with van der Waals surface area (Å²) < 4.78 is 6.74. The number of hydrogen-bond donors (Lipinski definition) is 0. The molecular weight excluding hydrogens is 831 g/mol. The summed E-state index contributed by atoms with van der Waals surface area (Å²) in [6.07, 6.45) is 0. The van der Waals surface area contributed by atoms with E-state index in [4.69, 9.17) is 29.7 Å². The summed E-state index contributed by atoms with van der Waals surface area (Å²) in [5.41, 5.74) is 15.7. The maximum Gasteiger partial charge on any atom is 0.164 e. The maximum atomic E-state index is 6.74. The van der Waals surface area contributed by atoms with E-state index in [2.05, 4.69) is 140 Å². The standard InChI is InChI=1S/C62H39N5O/c1-5-18-41(19-6-1)53-39-54(42-20-7-2-8-21-42)64-58(63-53)45-34-32-40(33-35-45)46-36-37-47-52(38-46)62(49-27-13-15-30-55(49)68-56-31-16-14-28-50(56)62)51-29-17-26-48(57(47)51)61-66-59(43-22-9-3-10-23-43)65-60(67-61)44-24-11-4-12-25-44/h1-39H. The third kappa shape index (κ3) is 6.45. The monoisotopic (exact) mass is 869 g/mol. The molecule has 0 radical (unpaired) electrons. The molecule has 0 fully saturated rings. The molecule has 9 aromatic carbocycles. The van der Waals surface area contributed by atoms with E-state index >= 15 is 0 Å². The third-order valence-corrected chi connectivity index (χ3v) is 13.2. The van der Waals surface area contributed by atoms with E-state index in [0.29, 0.717) is 23.3 Å². The van der Waals surface area contributed by atoms with Crippen LogP contribution in [0.1, 0.15) is 22.3 Å². The molecule has 11 aromatic rings. The highest BCUT2D eigenvalue weighted by atomic mass is 16.5. The van der Waals surface area contributed by atoms with Gasteiger partial charge in [-0.15, -0.1) is 0 Å². The largest absolute Gasteiger partial charge is 0.457 e. The Bertz CT molecular complexity index is 3530. The fourth-order valence-corrected chi connectivity index (χ4v) is 10.1. The van der Waals surface area contributed by atoms with Crippen molar-refractivity contribution in [1.29, 1.82) is 0 Å². The van der Waals surface area contributed by atoms with E-state index in [1.165, 1.54) is 0 Å². The van der Waals surface area contributed by atoms with Gasteiger partial charge in [0.15, 0.2) is 23.3 Å². The van der Waals surface area contributed by atoms with Gasteiger partial charge in [-0.25, -0.2) is 24.9 Å². The van der Waals surface area contributed by atoms with Gasteiger partial charge < -0.3 is 4.74 Å². The van der Waals surface area contributed by atoms with E-state index < -0.39 is 5.41 Å². The molecule has 318 valence electrons. The van der Waals surface area contributed by atoms with Gasteiger partial charge in [-0.2, -0.15) is 0 Å². The smallest absolute Gasteiger partial charge is 0.164 e. The van der Waals surface area contributed by atoms with Crippen molar-refractivity contribution < 1.29 is 4.74 Å². The lowest BCUT2D eigenvalue weighted by atomic mass is 9.66. The highest BCUT2D eigenvalue weighted by Gasteiger charge is 2.52. The first-order valence-electron chi connectivity index (χ1n) is 22.8. The minimum Gasteiger partial charge on any atom is -0.457 e. The molecule has 0 N–H and O–H groups in total. The summed E-state index contributed by atoms with van der Waals surface area (Å²) in [5, 5.41) is 0. The molecule has 1 aliphatic carbocycles. The fraction of sp³-hybridized carbons (Fsp3) is 0.0161. The van der Waals surface area contributed by atoms with Gasteiger partial charge in [-0.05, 0) is 57.6 Å². The van der Waals surface area contributed by atoms with Crippen molar-refractivity contribution in [3.8, 4) is 102 Å². The number of para-hydroxylation sites is 2. The van der Waals surface area contributed by atoms with Gasteiger partial charge in [0.2, 0.25) is 0 Å². The zero-order valence-corrected chi connectivity index (χ0v) is 36.7. The average Bonchev–Trinajstić information content (AvgIpc) is 3.71. The second kappa shape index (κ2) is 16.1. The molecule has 2 aromatic heterocycles. The normalized spacial score (nSPS) is 12.6. The van der Waals surface area contributed by atoms with Crippen molar-refractivity contribution in [2.24, 2.45) is 0 Å². The molecule has 1 aliphatic heterocycles. The average molecular weight is 870 g/mol. The minimum absolute atomic E-state index is 0.611. The second-order valence-corrected chi connectivity index (χ2v) is 17.1. The van der Waals surface area contributed by atoms with Gasteiger partial charge in [0.25, 0.3) is 0 Å². The molecule has 0 saturated carbocycles. The Morgan fingerprint density at radius 3 is 1.25 bits per heavy atom. The zero-order chi connectivity index (χ0) is 45.0. The van der Waals surface area contributed by atoms with Crippen LogP contribution < -0.4 is 4.74 Å². The van der Waals surface area contributed by atoms with Gasteiger partial charge in [0.05, 0.1) is 16.8 Å². The van der Waals surface area contributed by atoms with Crippen LogP contribution in [0.3, 0.4) is 0 Å². The predicted molar refractivity (Wildman–Crippen MR) is 271 cm³/mol. The molecule has 0 saturated heterocycles. The molecule has 0 bridgehead atoms. The molecule has 3 heterocycles. The van der Waals surface area contributed by atoms with Gasteiger partial charge in [-0.1, -0.05) is 212 Å². The molecule has 0 unspecified atom stereocenters. The Labute approximate surface area is 394 Å². The summed E-state index contributed by atoms with van der Waals surface area (Å²) in [5.74, 6) is 4.18. The van der Waals surface area contributed by atoms with E-state index in [1.807, 2.05) is 97.1 Å². The SMILES string of the molecule is c1ccc(-c2cc(-c3ccccc3)nc(-c3ccc(-c4ccc5c(c4)C4(c6ccccc6Oc6ccccc64)c4cccc(-c6nc(-c7ccccc7)nc(-c7ccccc7)n6)c4-5)cc3)n2)cc1. The highest BCUT2D eigenvalue weighted by molar-refractivity contribution is 5.97.